The minimum Gasteiger partial charge on any atom is -0.744 e. The number of fused-ring (bicyclic) bond motifs is 1. The Bertz CT molecular complexity index is 1410. The smallest absolute Gasteiger partial charge is 0.331 e. The quantitative estimate of drug-likeness (QED) is 0.195. The first-order valence-electron chi connectivity index (χ1n) is 15.2. The number of ether oxygens (including phenoxy) is 4. The highest BCUT2D eigenvalue weighted by molar-refractivity contribution is 7.85. The first-order valence-corrected chi connectivity index (χ1v) is 16.6. The highest BCUT2D eigenvalue weighted by atomic mass is 32.2. The zero-order chi connectivity index (χ0) is 29.9. The van der Waals surface area contributed by atoms with Crippen molar-refractivity contribution in [3.8, 4) is 5.75 Å². The number of benzene rings is 1. The molecule has 3 heterocycles. The van der Waals surface area contributed by atoms with E-state index in [1.165, 1.54) is 31.4 Å². The monoisotopic (exact) mass is 601 g/mol. The average molecular weight is 602 g/mol. The Hall–Kier alpha value is -2.50. The standard InChI is InChI=1S/C31H38O10S/c1-14(2)20-8-19(42(35,36)37)9-21(15(3)4)23(20)39-28(33)31-13-22-24(25(26(31)38-22)41-29(31)34)40-27(32)30-10-16-5-17(11-30)7-18(6-16)12-30/h8-9,14-18,22,24-26H,5-7,10-13H2,1-4H3,(H,35,36,37)/p-1. The zero-order valence-electron chi connectivity index (χ0n) is 24.3. The average Bonchev–Trinajstić information content (AvgIpc) is 3.49. The lowest BCUT2D eigenvalue weighted by atomic mass is 9.49. The van der Waals surface area contributed by atoms with E-state index in [4.69, 9.17) is 18.9 Å². The summed E-state index contributed by atoms with van der Waals surface area (Å²) in [4.78, 5) is 40.5. The van der Waals surface area contributed by atoms with Gasteiger partial charge in [-0.3, -0.25) is 14.4 Å². The van der Waals surface area contributed by atoms with Gasteiger partial charge in [0.05, 0.1) is 10.3 Å². The molecule has 0 amide bonds. The van der Waals surface area contributed by atoms with Crippen LogP contribution in [0, 0.1) is 28.6 Å². The Morgan fingerprint density at radius 2 is 1.48 bits per heavy atom. The van der Waals surface area contributed by atoms with Crippen molar-refractivity contribution >= 4 is 28.0 Å². The Morgan fingerprint density at radius 3 is 1.98 bits per heavy atom. The van der Waals surface area contributed by atoms with Crippen LogP contribution in [0.15, 0.2) is 17.0 Å². The van der Waals surface area contributed by atoms with Gasteiger partial charge >= 0.3 is 17.9 Å². The van der Waals surface area contributed by atoms with Gasteiger partial charge in [0.1, 0.15) is 28.1 Å². The van der Waals surface area contributed by atoms with Crippen LogP contribution in [0.4, 0.5) is 0 Å². The summed E-state index contributed by atoms with van der Waals surface area (Å²) >= 11 is 0. The first-order chi connectivity index (χ1) is 19.7. The van der Waals surface area contributed by atoms with Gasteiger partial charge in [-0.25, -0.2) is 8.42 Å². The van der Waals surface area contributed by atoms with Crippen LogP contribution in [-0.4, -0.2) is 55.3 Å². The largest absolute Gasteiger partial charge is 0.744 e. The van der Waals surface area contributed by atoms with E-state index in [1.54, 1.807) is 27.7 Å². The van der Waals surface area contributed by atoms with E-state index in [-0.39, 0.29) is 30.0 Å². The number of carbonyl (C=O) groups excluding carboxylic acids is 3. The molecule has 0 radical (unpaired) electrons. The van der Waals surface area contributed by atoms with Gasteiger partial charge in [0, 0.05) is 6.42 Å². The van der Waals surface area contributed by atoms with Crippen LogP contribution in [-0.2, 0) is 38.7 Å². The molecule has 3 aliphatic heterocycles. The summed E-state index contributed by atoms with van der Waals surface area (Å²) in [5.41, 5.74) is -1.45. The van der Waals surface area contributed by atoms with Crippen molar-refractivity contribution in [2.75, 3.05) is 0 Å². The Balaban J connectivity index is 1.14. The van der Waals surface area contributed by atoms with Gasteiger partial charge in [0.15, 0.2) is 17.6 Å². The molecule has 8 rings (SSSR count). The highest BCUT2D eigenvalue weighted by Crippen LogP contribution is 2.62. The molecule has 4 aliphatic carbocycles. The summed E-state index contributed by atoms with van der Waals surface area (Å²) in [6, 6.07) is 2.46. The number of esters is 3. The summed E-state index contributed by atoms with van der Waals surface area (Å²) < 4.78 is 59.5. The van der Waals surface area contributed by atoms with E-state index < -0.39 is 62.2 Å². The molecular weight excluding hydrogens is 564 g/mol. The van der Waals surface area contributed by atoms with Gasteiger partial charge < -0.3 is 23.5 Å². The Morgan fingerprint density at radius 1 is 0.929 bits per heavy atom. The van der Waals surface area contributed by atoms with E-state index in [1.807, 2.05) is 0 Å². The van der Waals surface area contributed by atoms with Crippen LogP contribution >= 0.6 is 0 Å². The van der Waals surface area contributed by atoms with Crippen molar-refractivity contribution in [2.45, 2.75) is 114 Å². The molecule has 4 saturated carbocycles. The van der Waals surface area contributed by atoms with Crippen molar-refractivity contribution in [1.82, 2.24) is 0 Å². The molecule has 5 unspecified atom stereocenters. The molecule has 42 heavy (non-hydrogen) atoms. The van der Waals surface area contributed by atoms with Gasteiger partial charge in [0.2, 0.25) is 0 Å². The topological polar surface area (TPSA) is 145 Å². The van der Waals surface area contributed by atoms with E-state index >= 15 is 0 Å². The minimum absolute atomic E-state index is 0.0360. The summed E-state index contributed by atoms with van der Waals surface area (Å²) in [7, 11) is -4.76. The molecule has 0 aromatic heterocycles. The van der Waals surface area contributed by atoms with Crippen LogP contribution < -0.4 is 4.74 Å². The fraction of sp³-hybridized carbons (Fsp3) is 0.710. The predicted molar refractivity (Wildman–Crippen MR) is 144 cm³/mol. The van der Waals surface area contributed by atoms with Crippen molar-refractivity contribution in [3.63, 3.8) is 0 Å². The SMILES string of the molecule is CC(C)c1cc(S(=O)(=O)[O-])cc(C(C)C)c1OC(=O)C12CC3OC1C(OC2=O)C3OC(=O)C12CC3CC(CC(C3)C1)C2. The van der Waals surface area contributed by atoms with Crippen LogP contribution in [0.3, 0.4) is 0 Å². The second-order valence-electron chi connectivity index (χ2n) is 14.3. The van der Waals surface area contributed by atoms with Gasteiger partial charge in [-0.1, -0.05) is 27.7 Å². The van der Waals surface area contributed by atoms with Crippen molar-refractivity contribution < 1.29 is 46.3 Å². The fourth-order valence-electron chi connectivity index (χ4n) is 9.26. The summed E-state index contributed by atoms with van der Waals surface area (Å²) in [5, 5.41) is 0. The summed E-state index contributed by atoms with van der Waals surface area (Å²) in [6.45, 7) is 7.16. The van der Waals surface area contributed by atoms with Crippen LogP contribution in [0.25, 0.3) is 0 Å². The molecule has 1 aromatic rings. The van der Waals surface area contributed by atoms with Crippen molar-refractivity contribution in [3.05, 3.63) is 23.3 Å². The van der Waals surface area contributed by atoms with Crippen LogP contribution in [0.1, 0.15) is 95.6 Å². The van der Waals surface area contributed by atoms with E-state index in [9.17, 15) is 27.4 Å². The molecule has 7 aliphatic rings. The van der Waals surface area contributed by atoms with E-state index in [0.717, 1.165) is 19.3 Å². The van der Waals surface area contributed by atoms with Gasteiger partial charge in [-0.05, 0) is 91.4 Å². The molecule has 0 N–H and O–H groups in total. The first kappa shape index (κ1) is 28.3. The maximum Gasteiger partial charge on any atom is 0.331 e. The molecule has 1 aromatic carbocycles. The highest BCUT2D eigenvalue weighted by Gasteiger charge is 2.77. The molecule has 0 spiro atoms. The predicted octanol–water partition coefficient (Wildman–Crippen LogP) is 3.95. The molecule has 3 saturated heterocycles. The molecule has 10 nitrogen and oxygen atoms in total. The molecule has 7 fully saturated rings. The maximum atomic E-state index is 13.9. The third-order valence-corrected chi connectivity index (χ3v) is 11.7. The number of carbonyl (C=O) groups is 3. The maximum absolute atomic E-state index is 13.9. The normalized spacial score (nSPS) is 39.3. The Kier molecular flexibility index (Phi) is 6.23. The lowest BCUT2D eigenvalue weighted by Crippen LogP contribution is -2.54. The van der Waals surface area contributed by atoms with E-state index in [2.05, 4.69) is 0 Å². The second kappa shape index (κ2) is 9.25. The van der Waals surface area contributed by atoms with Crippen molar-refractivity contribution in [1.29, 1.82) is 0 Å². The Labute approximate surface area is 245 Å². The molecule has 6 bridgehead atoms. The fourth-order valence-corrected chi connectivity index (χ4v) is 9.81. The zero-order valence-corrected chi connectivity index (χ0v) is 25.1. The minimum atomic E-state index is -4.76. The molecule has 228 valence electrons. The van der Waals surface area contributed by atoms with Crippen molar-refractivity contribution in [2.24, 2.45) is 28.6 Å². The lowest BCUT2D eigenvalue weighted by Gasteiger charge is -2.55. The van der Waals surface area contributed by atoms with Gasteiger partial charge in [-0.15, -0.1) is 0 Å². The summed E-state index contributed by atoms with van der Waals surface area (Å²) in [5.74, 6) is -0.589. The number of hydrogen-bond donors (Lipinski definition) is 0. The molecule has 11 heteroatoms. The van der Waals surface area contributed by atoms with E-state index in [0.29, 0.717) is 28.9 Å². The third-order valence-electron chi connectivity index (χ3n) is 10.9. The molecular formula is C31H37O10S-. The van der Waals surface area contributed by atoms with Crippen LogP contribution in [0.5, 0.6) is 5.75 Å². The second-order valence-corrected chi connectivity index (χ2v) is 15.7. The van der Waals surface area contributed by atoms with Gasteiger partial charge in [-0.2, -0.15) is 0 Å². The summed E-state index contributed by atoms with van der Waals surface area (Å²) in [6.07, 6.45) is 2.79. The molecule has 5 atom stereocenters. The van der Waals surface area contributed by atoms with Gasteiger partial charge in [0.25, 0.3) is 0 Å². The lowest BCUT2D eigenvalue weighted by molar-refractivity contribution is -0.184. The number of hydrogen-bond acceptors (Lipinski definition) is 10. The number of rotatable bonds is 7. The van der Waals surface area contributed by atoms with Crippen LogP contribution in [0.2, 0.25) is 0 Å². The third kappa shape index (κ3) is 4.02.